The largest absolute Gasteiger partial charge is 0.310 e. The molecule has 0 amide bonds. The lowest BCUT2D eigenvalue weighted by atomic mass is 9.82. The summed E-state index contributed by atoms with van der Waals surface area (Å²) >= 11 is 0. The highest BCUT2D eigenvalue weighted by Crippen LogP contribution is 2.53. The molecule has 0 radical (unpaired) electrons. The summed E-state index contributed by atoms with van der Waals surface area (Å²) in [4.78, 5) is 2.45. The third kappa shape index (κ3) is 5.43. The normalized spacial score (nSPS) is 14.1. The Morgan fingerprint density at radius 1 is 0.323 bits per heavy atom. The Labute approximate surface area is 364 Å². The first-order chi connectivity index (χ1) is 30.3. The van der Waals surface area contributed by atoms with Crippen molar-refractivity contribution in [2.45, 2.75) is 38.5 Å². The van der Waals surface area contributed by atoms with E-state index in [1.165, 1.54) is 88.6 Å². The second kappa shape index (κ2) is 13.5. The topological polar surface area (TPSA) is 8.17 Å². The Balaban J connectivity index is 1.09. The van der Waals surface area contributed by atoms with E-state index in [1.54, 1.807) is 0 Å². The van der Waals surface area contributed by atoms with Crippen LogP contribution in [0.3, 0.4) is 0 Å². The lowest BCUT2D eigenvalue weighted by molar-refractivity contribution is 0.660. The quantitative estimate of drug-likeness (QED) is 0.163. The summed E-state index contributed by atoms with van der Waals surface area (Å²) in [7, 11) is 0. The Morgan fingerprint density at radius 2 is 0.774 bits per heavy atom. The first-order valence-corrected chi connectivity index (χ1v) is 21.8. The van der Waals surface area contributed by atoms with Gasteiger partial charge in [-0.15, -0.1) is 0 Å². The van der Waals surface area contributed by atoms with E-state index >= 15 is 0 Å². The van der Waals surface area contributed by atoms with Crippen molar-refractivity contribution in [3.8, 4) is 50.2 Å². The third-order valence-corrected chi connectivity index (χ3v) is 14.0. The van der Waals surface area contributed by atoms with Crippen molar-refractivity contribution < 1.29 is 0 Å². The van der Waals surface area contributed by atoms with Crippen LogP contribution >= 0.6 is 0 Å². The molecule has 0 atom stereocenters. The van der Waals surface area contributed by atoms with E-state index in [1.807, 2.05) is 0 Å². The number of rotatable bonds is 6. The van der Waals surface area contributed by atoms with Crippen LogP contribution in [-0.4, -0.2) is 4.57 Å². The molecule has 0 saturated heterocycles. The van der Waals surface area contributed by atoms with Gasteiger partial charge in [-0.05, 0) is 127 Å². The molecule has 0 fully saturated rings. The van der Waals surface area contributed by atoms with E-state index in [0.29, 0.717) is 0 Å². The number of fused-ring (bicyclic) bond motifs is 9. The van der Waals surface area contributed by atoms with Gasteiger partial charge in [0.1, 0.15) is 0 Å². The summed E-state index contributed by atoms with van der Waals surface area (Å²) in [6.45, 7) is 9.48. The second-order valence-electron chi connectivity index (χ2n) is 18.2. The van der Waals surface area contributed by atoms with Crippen molar-refractivity contribution in [1.82, 2.24) is 4.57 Å². The molecule has 62 heavy (non-hydrogen) atoms. The van der Waals surface area contributed by atoms with Gasteiger partial charge in [0, 0.05) is 44.4 Å². The average Bonchev–Trinajstić information content (AvgIpc) is 3.85. The summed E-state index contributed by atoms with van der Waals surface area (Å²) in [6, 6.07) is 76.5. The molecule has 2 heteroatoms. The fourth-order valence-electron chi connectivity index (χ4n) is 10.8. The molecule has 2 nitrogen and oxygen atoms in total. The third-order valence-electron chi connectivity index (χ3n) is 14.0. The van der Waals surface area contributed by atoms with Crippen molar-refractivity contribution in [1.29, 1.82) is 0 Å². The first kappa shape index (κ1) is 36.4. The molecule has 9 aromatic carbocycles. The maximum Gasteiger partial charge on any atom is 0.0561 e. The molecule has 1 aromatic heterocycles. The van der Waals surface area contributed by atoms with Crippen LogP contribution in [0.1, 0.15) is 49.9 Å². The highest BCUT2D eigenvalue weighted by atomic mass is 15.1. The predicted molar refractivity (Wildman–Crippen MR) is 261 cm³/mol. The molecule has 0 aliphatic heterocycles. The van der Waals surface area contributed by atoms with Gasteiger partial charge in [-0.3, -0.25) is 0 Å². The molecule has 0 bridgehead atoms. The van der Waals surface area contributed by atoms with Crippen molar-refractivity contribution in [3.05, 3.63) is 229 Å². The summed E-state index contributed by atoms with van der Waals surface area (Å²) in [5, 5.41) is 2.52. The van der Waals surface area contributed by atoms with Gasteiger partial charge in [-0.25, -0.2) is 0 Å². The van der Waals surface area contributed by atoms with Gasteiger partial charge in [0.2, 0.25) is 0 Å². The summed E-state index contributed by atoms with van der Waals surface area (Å²) in [6.07, 6.45) is 0. The standard InChI is InChI=1S/C60H46N2/c1-59(2)53-21-13-11-19-47(53)49-33-31-45(35-55(49)59)61(43-27-23-41(24-28-43)39-15-7-5-8-16-39)46-32-34-50-52-37-56-51(48-20-12-14-22-54(48)60(56,3)4)38-58(52)62(57(50)36-46)44-29-25-42(26-30-44)40-17-9-6-10-18-40/h5-38H,1-4H3. The van der Waals surface area contributed by atoms with E-state index in [2.05, 4.69) is 243 Å². The van der Waals surface area contributed by atoms with E-state index in [0.717, 1.165) is 22.7 Å². The Kier molecular flexibility index (Phi) is 7.96. The molecule has 0 N–H and O–H groups in total. The van der Waals surface area contributed by atoms with Crippen LogP contribution in [-0.2, 0) is 10.8 Å². The summed E-state index contributed by atoms with van der Waals surface area (Å²) in [5.74, 6) is 0. The maximum absolute atomic E-state index is 2.50. The van der Waals surface area contributed by atoms with Gasteiger partial charge in [-0.2, -0.15) is 0 Å². The van der Waals surface area contributed by atoms with Crippen LogP contribution in [0.25, 0.3) is 72.0 Å². The minimum atomic E-state index is -0.125. The summed E-state index contributed by atoms with van der Waals surface area (Å²) < 4.78 is 2.50. The number of benzene rings is 9. The molecule has 2 aliphatic rings. The van der Waals surface area contributed by atoms with Crippen molar-refractivity contribution in [3.63, 3.8) is 0 Å². The van der Waals surface area contributed by atoms with Gasteiger partial charge >= 0.3 is 0 Å². The van der Waals surface area contributed by atoms with Gasteiger partial charge in [0.25, 0.3) is 0 Å². The number of anilines is 3. The van der Waals surface area contributed by atoms with Gasteiger partial charge < -0.3 is 9.47 Å². The van der Waals surface area contributed by atoms with Crippen molar-refractivity contribution >= 4 is 38.9 Å². The number of hydrogen-bond donors (Lipinski definition) is 0. The fraction of sp³-hybridized carbons (Fsp3) is 0.100. The van der Waals surface area contributed by atoms with Gasteiger partial charge in [0.15, 0.2) is 0 Å². The maximum atomic E-state index is 2.50. The molecular formula is C60H46N2. The van der Waals surface area contributed by atoms with E-state index in [-0.39, 0.29) is 10.8 Å². The fourth-order valence-corrected chi connectivity index (χ4v) is 10.8. The van der Waals surface area contributed by atoms with Crippen LogP contribution in [0.2, 0.25) is 0 Å². The van der Waals surface area contributed by atoms with Gasteiger partial charge in [0.05, 0.1) is 11.0 Å². The average molecular weight is 795 g/mol. The molecule has 1 heterocycles. The monoisotopic (exact) mass is 794 g/mol. The van der Waals surface area contributed by atoms with E-state index in [4.69, 9.17) is 0 Å². The van der Waals surface area contributed by atoms with Crippen molar-refractivity contribution in [2.24, 2.45) is 0 Å². The summed E-state index contributed by atoms with van der Waals surface area (Å²) in [5.41, 5.74) is 22.3. The van der Waals surface area contributed by atoms with Crippen LogP contribution in [0.15, 0.2) is 206 Å². The van der Waals surface area contributed by atoms with Crippen LogP contribution in [0, 0.1) is 0 Å². The molecule has 0 saturated carbocycles. The van der Waals surface area contributed by atoms with Crippen LogP contribution in [0.5, 0.6) is 0 Å². The Morgan fingerprint density at radius 3 is 1.40 bits per heavy atom. The molecule has 296 valence electrons. The zero-order valence-corrected chi connectivity index (χ0v) is 35.5. The Hall–Kier alpha value is -7.42. The lowest BCUT2D eigenvalue weighted by Gasteiger charge is -2.28. The zero-order valence-electron chi connectivity index (χ0n) is 35.5. The lowest BCUT2D eigenvalue weighted by Crippen LogP contribution is -2.16. The van der Waals surface area contributed by atoms with E-state index in [9.17, 15) is 0 Å². The number of aromatic nitrogens is 1. The molecule has 10 aromatic rings. The SMILES string of the molecule is CC1(C)c2ccccc2-c2ccc(N(c3ccc(-c4ccccc4)cc3)c3ccc4c5cc6c(cc5n(-c5ccc(-c7ccccc7)cc5)c4c3)-c3ccccc3C6(C)C)cc21. The molecule has 0 unspecified atom stereocenters. The minimum absolute atomic E-state index is 0.102. The second-order valence-corrected chi connectivity index (χ2v) is 18.2. The van der Waals surface area contributed by atoms with E-state index < -0.39 is 0 Å². The Bertz CT molecular complexity index is 3370. The predicted octanol–water partition coefficient (Wildman–Crippen LogP) is 16.2. The number of nitrogens with zero attached hydrogens (tertiary/aromatic N) is 2. The van der Waals surface area contributed by atoms with Crippen molar-refractivity contribution in [2.75, 3.05) is 4.90 Å². The highest BCUT2D eigenvalue weighted by Gasteiger charge is 2.37. The first-order valence-electron chi connectivity index (χ1n) is 21.8. The highest BCUT2D eigenvalue weighted by molar-refractivity contribution is 6.12. The van der Waals surface area contributed by atoms with Gasteiger partial charge in [-0.1, -0.05) is 173 Å². The molecular weight excluding hydrogens is 749 g/mol. The number of hydrogen-bond acceptors (Lipinski definition) is 1. The molecule has 12 rings (SSSR count). The zero-order chi connectivity index (χ0) is 41.7. The smallest absolute Gasteiger partial charge is 0.0561 e. The minimum Gasteiger partial charge on any atom is -0.310 e. The molecule has 2 aliphatic carbocycles. The molecule has 0 spiro atoms. The van der Waals surface area contributed by atoms with Crippen LogP contribution in [0.4, 0.5) is 17.1 Å². The van der Waals surface area contributed by atoms with Crippen LogP contribution < -0.4 is 4.90 Å².